The number of aromatic nitrogens is 1. The van der Waals surface area contributed by atoms with Gasteiger partial charge in [-0.3, -0.25) is 0 Å². The predicted molar refractivity (Wildman–Crippen MR) is 74.7 cm³/mol. The smallest absolute Gasteiger partial charge is 0.337 e. The van der Waals surface area contributed by atoms with Crippen LogP contribution in [0.1, 0.15) is 37.3 Å². The molecule has 0 amide bonds. The Bertz CT molecular complexity index is 646. The number of fused-ring (bicyclic) bond motifs is 1. The molecule has 1 heterocycles. The van der Waals surface area contributed by atoms with Crippen LogP contribution in [0.2, 0.25) is 5.02 Å². The number of aliphatic carboxylic acids is 1. The number of hydrogen-bond donors (Lipinski definition) is 2. The Hall–Kier alpha value is -1.52. The summed E-state index contributed by atoms with van der Waals surface area (Å²) in [6, 6.07) is 5.43. The maximum Gasteiger partial charge on any atom is 0.337 e. The maximum atomic E-state index is 11.1. The van der Waals surface area contributed by atoms with E-state index in [1.165, 1.54) is 0 Å². The lowest BCUT2D eigenvalue weighted by atomic mass is 10.1. The zero-order valence-corrected chi connectivity index (χ0v) is 11.8. The number of hydrogen-bond acceptors (Lipinski definition) is 2. The molecule has 0 radical (unpaired) electrons. The normalized spacial score (nSPS) is 13.2. The molecule has 1 atom stereocenters. The summed E-state index contributed by atoms with van der Waals surface area (Å²) in [7, 11) is 0. The lowest BCUT2D eigenvalue weighted by Gasteiger charge is -2.14. The summed E-state index contributed by atoms with van der Waals surface area (Å²) in [4.78, 5) is 11.1. The third kappa shape index (κ3) is 2.11. The standard InChI is InChI=1S/C14H16ClNO3/c1-7(2)16-8(3)11(13(17)14(18)19)9-5-4-6-10(15)12(9)16/h4-7,13,17H,1-3H3,(H,18,19). The van der Waals surface area contributed by atoms with Crippen LogP contribution >= 0.6 is 11.6 Å². The van der Waals surface area contributed by atoms with E-state index < -0.39 is 12.1 Å². The van der Waals surface area contributed by atoms with Crippen molar-refractivity contribution in [2.75, 3.05) is 0 Å². The van der Waals surface area contributed by atoms with Crippen molar-refractivity contribution in [1.29, 1.82) is 0 Å². The number of para-hydroxylation sites is 1. The first-order chi connectivity index (χ1) is 8.86. The van der Waals surface area contributed by atoms with E-state index in [2.05, 4.69) is 0 Å². The average Bonchev–Trinajstić information content (AvgIpc) is 2.62. The third-order valence-corrected chi connectivity index (χ3v) is 3.60. The molecule has 0 bridgehead atoms. The zero-order chi connectivity index (χ0) is 14.3. The van der Waals surface area contributed by atoms with Gasteiger partial charge in [0.05, 0.1) is 10.5 Å². The quantitative estimate of drug-likeness (QED) is 0.907. The number of carboxylic acid groups (broad SMARTS) is 1. The van der Waals surface area contributed by atoms with E-state index in [4.69, 9.17) is 16.7 Å². The highest BCUT2D eigenvalue weighted by molar-refractivity contribution is 6.35. The molecule has 2 aromatic rings. The van der Waals surface area contributed by atoms with Crippen molar-refractivity contribution in [3.05, 3.63) is 34.5 Å². The molecule has 0 spiro atoms. The molecule has 2 N–H and O–H groups in total. The van der Waals surface area contributed by atoms with Gasteiger partial charge in [0, 0.05) is 22.7 Å². The molecule has 0 aliphatic carbocycles. The molecule has 4 nitrogen and oxygen atoms in total. The SMILES string of the molecule is Cc1c(C(O)C(=O)O)c2cccc(Cl)c2n1C(C)C. The Labute approximate surface area is 116 Å². The van der Waals surface area contributed by atoms with Crippen LogP contribution in [0.25, 0.3) is 10.9 Å². The summed E-state index contributed by atoms with van der Waals surface area (Å²) >= 11 is 6.23. The molecule has 0 fully saturated rings. The van der Waals surface area contributed by atoms with Crippen LogP contribution < -0.4 is 0 Å². The van der Waals surface area contributed by atoms with Crippen molar-refractivity contribution < 1.29 is 15.0 Å². The fourth-order valence-electron chi connectivity index (χ4n) is 2.58. The molecule has 102 valence electrons. The highest BCUT2D eigenvalue weighted by Crippen LogP contribution is 2.36. The van der Waals surface area contributed by atoms with Gasteiger partial charge < -0.3 is 14.8 Å². The molecule has 2 rings (SSSR count). The van der Waals surface area contributed by atoms with Gasteiger partial charge in [0.1, 0.15) is 0 Å². The van der Waals surface area contributed by atoms with E-state index in [-0.39, 0.29) is 6.04 Å². The lowest BCUT2D eigenvalue weighted by Crippen LogP contribution is -2.12. The molecule has 0 saturated carbocycles. The number of benzene rings is 1. The monoisotopic (exact) mass is 281 g/mol. The Morgan fingerprint density at radius 1 is 1.37 bits per heavy atom. The van der Waals surface area contributed by atoms with Gasteiger partial charge in [0.25, 0.3) is 0 Å². The van der Waals surface area contributed by atoms with Gasteiger partial charge in [-0.05, 0) is 26.8 Å². The predicted octanol–water partition coefficient (Wildman–Crippen LogP) is 3.30. The molecule has 1 aromatic carbocycles. The largest absolute Gasteiger partial charge is 0.479 e. The number of aliphatic hydroxyl groups excluding tert-OH is 1. The van der Waals surface area contributed by atoms with Gasteiger partial charge in [0.15, 0.2) is 6.10 Å². The third-order valence-electron chi connectivity index (χ3n) is 3.29. The number of carboxylic acids is 1. The summed E-state index contributed by atoms with van der Waals surface area (Å²) in [5.41, 5.74) is 1.92. The summed E-state index contributed by atoms with van der Waals surface area (Å²) in [5.74, 6) is -1.26. The number of aliphatic hydroxyl groups is 1. The van der Waals surface area contributed by atoms with E-state index in [1.807, 2.05) is 18.4 Å². The van der Waals surface area contributed by atoms with Crippen LogP contribution in [0.4, 0.5) is 0 Å². The molecular formula is C14H16ClNO3. The Morgan fingerprint density at radius 2 is 2.00 bits per heavy atom. The van der Waals surface area contributed by atoms with Crippen LogP contribution in [0.15, 0.2) is 18.2 Å². The van der Waals surface area contributed by atoms with Crippen molar-refractivity contribution >= 4 is 28.5 Å². The van der Waals surface area contributed by atoms with Gasteiger partial charge in [0.2, 0.25) is 0 Å². The molecule has 0 aliphatic rings. The average molecular weight is 282 g/mol. The van der Waals surface area contributed by atoms with Crippen LogP contribution in [-0.4, -0.2) is 20.7 Å². The van der Waals surface area contributed by atoms with E-state index >= 15 is 0 Å². The summed E-state index contributed by atoms with van der Waals surface area (Å²) in [5, 5.41) is 20.2. The van der Waals surface area contributed by atoms with Crippen molar-refractivity contribution in [2.45, 2.75) is 32.9 Å². The van der Waals surface area contributed by atoms with Gasteiger partial charge in [-0.2, -0.15) is 0 Å². The summed E-state index contributed by atoms with van der Waals surface area (Å²) in [6.07, 6.45) is -1.54. The van der Waals surface area contributed by atoms with E-state index in [1.54, 1.807) is 25.1 Å². The van der Waals surface area contributed by atoms with Crippen LogP contribution in [0.3, 0.4) is 0 Å². The van der Waals surface area contributed by atoms with Crippen molar-refractivity contribution in [3.63, 3.8) is 0 Å². The second kappa shape index (κ2) is 4.87. The van der Waals surface area contributed by atoms with E-state index in [9.17, 15) is 9.90 Å². The summed E-state index contributed by atoms with van der Waals surface area (Å²) in [6.45, 7) is 5.79. The molecular weight excluding hydrogens is 266 g/mol. The van der Waals surface area contributed by atoms with Crippen LogP contribution in [-0.2, 0) is 4.79 Å². The molecule has 19 heavy (non-hydrogen) atoms. The maximum absolute atomic E-state index is 11.1. The summed E-state index contributed by atoms with van der Waals surface area (Å²) < 4.78 is 1.96. The molecule has 0 saturated heterocycles. The molecule has 5 heteroatoms. The van der Waals surface area contributed by atoms with E-state index in [0.717, 1.165) is 11.2 Å². The van der Waals surface area contributed by atoms with Gasteiger partial charge in [-0.25, -0.2) is 4.79 Å². The van der Waals surface area contributed by atoms with Gasteiger partial charge >= 0.3 is 5.97 Å². The number of halogens is 1. The van der Waals surface area contributed by atoms with Crippen LogP contribution in [0.5, 0.6) is 0 Å². The number of carbonyl (C=O) groups is 1. The van der Waals surface area contributed by atoms with Crippen molar-refractivity contribution in [3.8, 4) is 0 Å². The highest BCUT2D eigenvalue weighted by atomic mass is 35.5. The van der Waals surface area contributed by atoms with Gasteiger partial charge in [-0.15, -0.1) is 0 Å². The first-order valence-corrected chi connectivity index (χ1v) is 6.43. The highest BCUT2D eigenvalue weighted by Gasteiger charge is 2.26. The zero-order valence-electron chi connectivity index (χ0n) is 11.0. The second-order valence-electron chi connectivity index (χ2n) is 4.84. The first-order valence-electron chi connectivity index (χ1n) is 6.06. The van der Waals surface area contributed by atoms with Crippen molar-refractivity contribution in [1.82, 2.24) is 4.57 Å². The van der Waals surface area contributed by atoms with Crippen LogP contribution in [0, 0.1) is 6.92 Å². The number of rotatable bonds is 3. The number of nitrogens with zero attached hydrogens (tertiary/aromatic N) is 1. The van der Waals surface area contributed by atoms with Crippen molar-refractivity contribution in [2.24, 2.45) is 0 Å². The second-order valence-corrected chi connectivity index (χ2v) is 5.25. The first kappa shape index (κ1) is 13.9. The topological polar surface area (TPSA) is 62.5 Å². The fraction of sp³-hybridized carbons (Fsp3) is 0.357. The lowest BCUT2D eigenvalue weighted by molar-refractivity contribution is -0.146. The molecule has 1 aromatic heterocycles. The Kier molecular flexibility index (Phi) is 3.56. The fourth-order valence-corrected chi connectivity index (χ4v) is 2.85. The minimum Gasteiger partial charge on any atom is -0.479 e. The minimum absolute atomic E-state index is 0.122. The minimum atomic E-state index is -1.54. The van der Waals surface area contributed by atoms with E-state index in [0.29, 0.717) is 16.0 Å². The molecule has 1 unspecified atom stereocenters. The molecule has 0 aliphatic heterocycles. The Morgan fingerprint density at radius 3 is 2.53 bits per heavy atom. The Balaban J connectivity index is 2.89. The van der Waals surface area contributed by atoms with Gasteiger partial charge in [-0.1, -0.05) is 23.7 Å².